The van der Waals surface area contributed by atoms with E-state index in [0.717, 1.165) is 37.8 Å². The Balaban J connectivity index is 1.38. The number of benzene rings is 2. The number of aromatic nitrogens is 2. The van der Waals surface area contributed by atoms with E-state index in [-0.39, 0.29) is 6.04 Å². The van der Waals surface area contributed by atoms with Gasteiger partial charge in [0, 0.05) is 32.2 Å². The Bertz CT molecular complexity index is 978. The molecule has 0 bridgehead atoms. The molecule has 2 aliphatic rings. The zero-order valence-corrected chi connectivity index (χ0v) is 18.5. The summed E-state index contributed by atoms with van der Waals surface area (Å²) >= 11 is 6.36. The van der Waals surface area contributed by atoms with Crippen LogP contribution >= 0.6 is 11.6 Å². The van der Waals surface area contributed by atoms with Crippen LogP contribution in [-0.2, 0) is 0 Å². The second kappa shape index (κ2) is 9.51. The zero-order valence-electron chi connectivity index (χ0n) is 17.8. The van der Waals surface area contributed by atoms with E-state index in [1.165, 1.54) is 37.7 Å². The second-order valence-electron chi connectivity index (χ2n) is 8.60. The first kappa shape index (κ1) is 20.7. The van der Waals surface area contributed by atoms with Gasteiger partial charge in [-0.25, -0.2) is 0 Å². The van der Waals surface area contributed by atoms with Gasteiger partial charge in [-0.2, -0.15) is 0 Å². The van der Waals surface area contributed by atoms with E-state index in [0.29, 0.717) is 16.8 Å². The lowest BCUT2D eigenvalue weighted by Crippen LogP contribution is -2.51. The molecule has 2 heterocycles. The molecule has 1 aromatic heterocycles. The highest BCUT2D eigenvalue weighted by Crippen LogP contribution is 2.33. The molecule has 1 saturated carbocycles. The summed E-state index contributed by atoms with van der Waals surface area (Å²) in [6, 6.07) is 18.8. The van der Waals surface area contributed by atoms with Gasteiger partial charge in [-0.3, -0.25) is 9.80 Å². The summed E-state index contributed by atoms with van der Waals surface area (Å²) < 4.78 is 6.20. The van der Waals surface area contributed by atoms with E-state index >= 15 is 0 Å². The third-order valence-corrected chi connectivity index (χ3v) is 7.03. The van der Waals surface area contributed by atoms with Gasteiger partial charge < -0.3 is 4.42 Å². The highest BCUT2D eigenvalue weighted by molar-refractivity contribution is 6.33. The van der Waals surface area contributed by atoms with Gasteiger partial charge in [-0.1, -0.05) is 73.3 Å². The predicted octanol–water partition coefficient (Wildman–Crippen LogP) is 5.43. The quantitative estimate of drug-likeness (QED) is 0.533. The van der Waals surface area contributed by atoms with Crippen LogP contribution in [0.4, 0.5) is 0 Å². The Hall–Kier alpha value is -2.21. The van der Waals surface area contributed by atoms with E-state index in [2.05, 4.69) is 44.3 Å². The van der Waals surface area contributed by atoms with Crippen molar-refractivity contribution in [3.8, 4) is 11.5 Å². The molecule has 1 saturated heterocycles. The summed E-state index contributed by atoms with van der Waals surface area (Å²) in [6.07, 6.45) is 6.87. The fourth-order valence-corrected chi connectivity index (χ4v) is 5.26. The maximum absolute atomic E-state index is 6.36. The molecule has 0 amide bonds. The molecule has 1 aliphatic carbocycles. The summed E-state index contributed by atoms with van der Waals surface area (Å²) in [5, 5.41) is 9.42. The average Bonchev–Trinajstić information content (AvgIpc) is 3.31. The molecule has 0 N–H and O–H groups in total. The first-order valence-electron chi connectivity index (χ1n) is 11.4. The van der Waals surface area contributed by atoms with Crippen LogP contribution in [0.1, 0.15) is 49.6 Å². The van der Waals surface area contributed by atoms with Gasteiger partial charge in [-0.15, -0.1) is 10.2 Å². The van der Waals surface area contributed by atoms with Gasteiger partial charge in [0.25, 0.3) is 0 Å². The van der Waals surface area contributed by atoms with Crippen LogP contribution in [0.5, 0.6) is 0 Å². The van der Waals surface area contributed by atoms with Gasteiger partial charge in [0.1, 0.15) is 6.04 Å². The predicted molar refractivity (Wildman–Crippen MR) is 123 cm³/mol. The van der Waals surface area contributed by atoms with Crippen molar-refractivity contribution in [2.75, 3.05) is 26.2 Å². The lowest BCUT2D eigenvalue weighted by atomic mass is 9.93. The van der Waals surface area contributed by atoms with Crippen LogP contribution in [0.25, 0.3) is 11.5 Å². The van der Waals surface area contributed by atoms with E-state index < -0.39 is 0 Å². The number of nitrogens with zero attached hydrogens (tertiary/aromatic N) is 4. The minimum atomic E-state index is -0.0431. The smallest absolute Gasteiger partial charge is 0.249 e. The van der Waals surface area contributed by atoms with Crippen LogP contribution in [0.3, 0.4) is 0 Å². The van der Waals surface area contributed by atoms with Gasteiger partial charge >= 0.3 is 0 Å². The molecule has 0 radical (unpaired) electrons. The highest BCUT2D eigenvalue weighted by Gasteiger charge is 2.32. The molecule has 2 fully saturated rings. The number of halogens is 1. The van der Waals surface area contributed by atoms with Crippen LogP contribution in [-0.4, -0.2) is 52.2 Å². The van der Waals surface area contributed by atoms with Crippen LogP contribution in [0.2, 0.25) is 5.02 Å². The Morgan fingerprint density at radius 2 is 1.55 bits per heavy atom. The molecule has 0 spiro atoms. The zero-order chi connectivity index (χ0) is 21.0. The number of hydrogen-bond acceptors (Lipinski definition) is 5. The molecule has 162 valence electrons. The fraction of sp³-hybridized carbons (Fsp3) is 0.440. The SMILES string of the molecule is Clc1ccccc1-c1nnc(C(c2ccccc2)N2CCN(C3CCCCC3)CC2)o1. The monoisotopic (exact) mass is 436 g/mol. The van der Waals surface area contributed by atoms with Gasteiger partial charge in [-0.05, 0) is 30.5 Å². The first-order valence-corrected chi connectivity index (χ1v) is 11.8. The molecular formula is C25H29ClN4O. The molecule has 5 rings (SSSR count). The molecule has 31 heavy (non-hydrogen) atoms. The molecule has 1 atom stereocenters. The van der Waals surface area contributed by atoms with Crippen molar-refractivity contribution in [1.82, 2.24) is 20.0 Å². The van der Waals surface area contributed by atoms with Crippen LogP contribution in [0, 0.1) is 0 Å². The molecule has 1 aliphatic heterocycles. The lowest BCUT2D eigenvalue weighted by molar-refractivity contribution is 0.0591. The van der Waals surface area contributed by atoms with Crippen molar-refractivity contribution in [3.05, 3.63) is 71.1 Å². The number of hydrogen-bond donors (Lipinski definition) is 0. The van der Waals surface area contributed by atoms with Gasteiger partial charge in [0.05, 0.1) is 10.6 Å². The van der Waals surface area contributed by atoms with Crippen molar-refractivity contribution in [3.63, 3.8) is 0 Å². The topological polar surface area (TPSA) is 45.4 Å². The molecule has 6 heteroatoms. The van der Waals surface area contributed by atoms with Gasteiger partial charge in [0.15, 0.2) is 0 Å². The minimum absolute atomic E-state index is 0.0431. The van der Waals surface area contributed by atoms with Crippen LogP contribution < -0.4 is 0 Å². The van der Waals surface area contributed by atoms with E-state index in [1.807, 2.05) is 30.3 Å². The lowest BCUT2D eigenvalue weighted by Gasteiger charge is -2.42. The van der Waals surface area contributed by atoms with Crippen molar-refractivity contribution < 1.29 is 4.42 Å². The number of piperazine rings is 1. The molecule has 5 nitrogen and oxygen atoms in total. The van der Waals surface area contributed by atoms with Gasteiger partial charge in [0.2, 0.25) is 11.8 Å². The van der Waals surface area contributed by atoms with Crippen molar-refractivity contribution in [2.24, 2.45) is 0 Å². The first-order chi connectivity index (χ1) is 15.3. The fourth-order valence-electron chi connectivity index (χ4n) is 5.04. The summed E-state index contributed by atoms with van der Waals surface area (Å²) in [7, 11) is 0. The summed E-state index contributed by atoms with van der Waals surface area (Å²) in [6.45, 7) is 4.19. The molecule has 2 aromatic carbocycles. The average molecular weight is 437 g/mol. The normalized spacial score (nSPS) is 20.0. The summed E-state index contributed by atoms with van der Waals surface area (Å²) in [5.41, 5.74) is 1.96. The van der Waals surface area contributed by atoms with E-state index in [4.69, 9.17) is 16.0 Å². The molecule has 1 unspecified atom stereocenters. The van der Waals surface area contributed by atoms with Crippen LogP contribution in [0.15, 0.2) is 59.0 Å². The third kappa shape index (κ3) is 4.54. The Morgan fingerprint density at radius 3 is 2.29 bits per heavy atom. The Morgan fingerprint density at radius 1 is 0.839 bits per heavy atom. The van der Waals surface area contributed by atoms with Crippen molar-refractivity contribution in [1.29, 1.82) is 0 Å². The highest BCUT2D eigenvalue weighted by atomic mass is 35.5. The Labute approximate surface area is 189 Å². The van der Waals surface area contributed by atoms with E-state index in [9.17, 15) is 0 Å². The summed E-state index contributed by atoms with van der Waals surface area (Å²) in [4.78, 5) is 5.18. The van der Waals surface area contributed by atoms with Crippen molar-refractivity contribution >= 4 is 11.6 Å². The second-order valence-corrected chi connectivity index (χ2v) is 9.01. The molecular weight excluding hydrogens is 408 g/mol. The molecule has 3 aromatic rings. The third-order valence-electron chi connectivity index (χ3n) is 6.70. The maximum atomic E-state index is 6.36. The largest absolute Gasteiger partial charge is 0.419 e. The Kier molecular flexibility index (Phi) is 6.35. The summed E-state index contributed by atoms with van der Waals surface area (Å²) in [5.74, 6) is 1.11. The minimum Gasteiger partial charge on any atom is -0.419 e. The van der Waals surface area contributed by atoms with Crippen molar-refractivity contribution in [2.45, 2.75) is 44.2 Å². The van der Waals surface area contributed by atoms with E-state index in [1.54, 1.807) is 0 Å². The standard InChI is InChI=1S/C25H29ClN4O/c26-22-14-8-7-13-21(22)24-27-28-25(31-24)23(19-9-3-1-4-10-19)30-17-15-29(16-18-30)20-11-5-2-6-12-20/h1,3-4,7-10,13-14,20,23H,2,5-6,11-12,15-18H2. The maximum Gasteiger partial charge on any atom is 0.249 e. The number of rotatable bonds is 5.